The topological polar surface area (TPSA) is 55.8 Å². The highest BCUT2D eigenvalue weighted by Gasteiger charge is 2.62. The average Bonchev–Trinajstić information content (AvgIpc) is 2.68. The predicted molar refractivity (Wildman–Crippen MR) is 81.7 cm³/mol. The molecule has 23 heavy (non-hydrogen) atoms. The van der Waals surface area contributed by atoms with Crippen molar-refractivity contribution in [2.75, 3.05) is 19.5 Å². The normalized spacial score (nSPS) is 23.5. The lowest BCUT2D eigenvalue weighted by molar-refractivity contribution is -0.153. The number of ether oxygens (including phenoxy) is 2. The zero-order valence-electron chi connectivity index (χ0n) is 13.7. The number of rotatable bonds is 4. The molecular weight excluding hydrogens is 332 g/mol. The first-order valence-corrected chi connectivity index (χ1v) is 7.60. The maximum Gasteiger partial charge on any atom is 0.411 e. The van der Waals surface area contributed by atoms with E-state index in [-0.39, 0.29) is 12.3 Å². The van der Waals surface area contributed by atoms with Gasteiger partial charge in [0.2, 0.25) is 0 Å². The fourth-order valence-corrected chi connectivity index (χ4v) is 2.68. The summed E-state index contributed by atoms with van der Waals surface area (Å²) < 4.78 is 37.9. The highest BCUT2D eigenvalue weighted by Crippen LogP contribution is 2.44. The van der Waals surface area contributed by atoms with E-state index in [1.807, 2.05) is 0 Å². The van der Waals surface area contributed by atoms with Crippen molar-refractivity contribution in [3.8, 4) is 0 Å². The molecule has 0 radical (unpaired) electrons. The molecule has 1 aliphatic heterocycles. The molecule has 0 bridgehead atoms. The first-order valence-electron chi connectivity index (χ1n) is 7.06. The lowest BCUT2D eigenvalue weighted by Crippen LogP contribution is -2.55. The van der Waals surface area contributed by atoms with Crippen LogP contribution in [0.5, 0.6) is 0 Å². The Bertz CT molecular complexity index is 504. The molecule has 0 aromatic rings. The predicted octanol–water partition coefficient (Wildman–Crippen LogP) is 3.36. The molecule has 0 aromatic carbocycles. The fraction of sp³-hybridized carbons (Fsp3) is 0.733. The van der Waals surface area contributed by atoms with Gasteiger partial charge in [-0.2, -0.15) is 0 Å². The Hall–Kier alpha value is -1.37. The third-order valence-electron chi connectivity index (χ3n) is 3.37. The van der Waals surface area contributed by atoms with Crippen molar-refractivity contribution in [1.29, 1.82) is 0 Å². The second-order valence-corrected chi connectivity index (χ2v) is 6.95. The summed E-state index contributed by atoms with van der Waals surface area (Å²) in [4.78, 5) is 25.4. The minimum atomic E-state index is -3.24. The highest BCUT2D eigenvalue weighted by atomic mass is 35.5. The third kappa shape index (κ3) is 4.56. The van der Waals surface area contributed by atoms with Gasteiger partial charge < -0.3 is 9.47 Å². The van der Waals surface area contributed by atoms with Gasteiger partial charge in [-0.3, -0.25) is 4.90 Å². The number of alkyl halides is 3. The molecule has 1 aliphatic rings. The molecule has 0 aliphatic carbocycles. The van der Waals surface area contributed by atoms with Crippen LogP contribution in [0, 0.1) is 0 Å². The van der Waals surface area contributed by atoms with Crippen molar-refractivity contribution in [1.82, 2.24) is 4.90 Å². The minimum Gasteiger partial charge on any atom is -0.467 e. The van der Waals surface area contributed by atoms with E-state index in [0.29, 0.717) is 5.57 Å². The minimum absolute atomic E-state index is 0.0214. The van der Waals surface area contributed by atoms with Crippen molar-refractivity contribution >= 4 is 23.7 Å². The third-order valence-corrected chi connectivity index (χ3v) is 3.75. The molecule has 0 spiro atoms. The molecule has 8 heteroatoms. The summed E-state index contributed by atoms with van der Waals surface area (Å²) in [6.45, 7) is 7.55. The van der Waals surface area contributed by atoms with Crippen LogP contribution < -0.4 is 0 Å². The first kappa shape index (κ1) is 19.7. The number of carbonyl (C=O) groups excluding carboxylic acids is 2. The van der Waals surface area contributed by atoms with Crippen molar-refractivity contribution in [3.63, 3.8) is 0 Å². The Balaban J connectivity index is 3.27. The Morgan fingerprint density at radius 1 is 1.35 bits per heavy atom. The Kier molecular flexibility index (Phi) is 5.67. The second kappa shape index (κ2) is 6.63. The molecule has 0 saturated carbocycles. The molecule has 0 N–H and O–H groups in total. The molecule has 1 unspecified atom stereocenters. The van der Waals surface area contributed by atoms with Gasteiger partial charge in [-0.1, -0.05) is 12.2 Å². The molecule has 1 atom stereocenters. The highest BCUT2D eigenvalue weighted by molar-refractivity contribution is 6.19. The summed E-state index contributed by atoms with van der Waals surface area (Å²) in [6.07, 6.45) is -2.07. The molecule has 1 rings (SSSR count). The standard InChI is InChI=1S/C15H22ClF2NO4/c1-10(7-16)6-14(11(20)22-5)8-15(17,18)9-19(14)12(21)23-13(2,3)4/h1,6-9H2,2-5H3. The van der Waals surface area contributed by atoms with Gasteiger partial charge in [0.1, 0.15) is 5.60 Å². The largest absolute Gasteiger partial charge is 0.467 e. The fourth-order valence-electron chi connectivity index (χ4n) is 2.58. The maximum atomic E-state index is 14.0. The van der Waals surface area contributed by atoms with E-state index in [4.69, 9.17) is 16.3 Å². The lowest BCUT2D eigenvalue weighted by atomic mass is 9.88. The number of halogens is 3. The number of hydrogen-bond donors (Lipinski definition) is 0. The van der Waals surface area contributed by atoms with Gasteiger partial charge in [0, 0.05) is 18.7 Å². The Labute approximate surface area is 139 Å². The zero-order valence-corrected chi connectivity index (χ0v) is 14.5. The van der Waals surface area contributed by atoms with Crippen LogP contribution in [0.2, 0.25) is 0 Å². The number of methoxy groups -OCH3 is 1. The van der Waals surface area contributed by atoms with Crippen LogP contribution in [-0.4, -0.2) is 53.6 Å². The van der Waals surface area contributed by atoms with Gasteiger partial charge in [0.25, 0.3) is 5.92 Å². The van der Waals surface area contributed by atoms with Crippen LogP contribution in [0.4, 0.5) is 13.6 Å². The SMILES string of the molecule is C=C(CCl)CC1(C(=O)OC)CC(F)(F)CN1C(=O)OC(C)(C)C. The zero-order chi connectivity index (χ0) is 18.1. The second-order valence-electron chi connectivity index (χ2n) is 6.68. The molecular formula is C15H22ClF2NO4. The molecule has 1 fully saturated rings. The van der Waals surface area contributed by atoms with E-state index >= 15 is 0 Å². The first-order chi connectivity index (χ1) is 10.4. The average molecular weight is 354 g/mol. The molecule has 5 nitrogen and oxygen atoms in total. The van der Waals surface area contributed by atoms with Gasteiger partial charge in [-0.05, 0) is 20.8 Å². The summed E-state index contributed by atoms with van der Waals surface area (Å²) in [6, 6.07) is 0. The van der Waals surface area contributed by atoms with Crippen LogP contribution in [0.3, 0.4) is 0 Å². The van der Waals surface area contributed by atoms with Crippen LogP contribution in [0.1, 0.15) is 33.6 Å². The van der Waals surface area contributed by atoms with Gasteiger partial charge >= 0.3 is 12.1 Å². The van der Waals surface area contributed by atoms with E-state index in [0.717, 1.165) is 12.0 Å². The van der Waals surface area contributed by atoms with E-state index in [2.05, 4.69) is 11.3 Å². The van der Waals surface area contributed by atoms with Gasteiger partial charge in [0.15, 0.2) is 5.54 Å². The number of hydrogen-bond acceptors (Lipinski definition) is 4. The molecule has 1 amide bonds. The van der Waals surface area contributed by atoms with Crippen LogP contribution in [-0.2, 0) is 14.3 Å². The van der Waals surface area contributed by atoms with E-state index in [1.165, 1.54) is 0 Å². The molecule has 0 aromatic heterocycles. The smallest absolute Gasteiger partial charge is 0.411 e. The van der Waals surface area contributed by atoms with Crippen LogP contribution in [0.15, 0.2) is 12.2 Å². The van der Waals surface area contributed by atoms with Gasteiger partial charge in [-0.15, -0.1) is 11.6 Å². The Morgan fingerprint density at radius 3 is 2.35 bits per heavy atom. The quantitative estimate of drug-likeness (QED) is 0.442. The number of carbonyl (C=O) groups is 2. The molecule has 1 heterocycles. The maximum absolute atomic E-state index is 14.0. The van der Waals surface area contributed by atoms with Gasteiger partial charge in [-0.25, -0.2) is 18.4 Å². The molecule has 1 saturated heterocycles. The van der Waals surface area contributed by atoms with Crippen LogP contribution in [0.25, 0.3) is 0 Å². The monoisotopic (exact) mass is 353 g/mol. The van der Waals surface area contributed by atoms with E-state index in [9.17, 15) is 18.4 Å². The molecule has 132 valence electrons. The van der Waals surface area contributed by atoms with E-state index < -0.39 is 42.1 Å². The van der Waals surface area contributed by atoms with Crippen molar-refractivity contribution < 1.29 is 27.8 Å². The number of esters is 1. The number of likely N-dealkylation sites (tertiary alicyclic amines) is 1. The summed E-state index contributed by atoms with van der Waals surface area (Å²) in [5.74, 6) is -4.20. The van der Waals surface area contributed by atoms with Crippen molar-refractivity contribution in [3.05, 3.63) is 12.2 Å². The lowest BCUT2D eigenvalue weighted by Gasteiger charge is -2.36. The van der Waals surface area contributed by atoms with E-state index in [1.54, 1.807) is 20.8 Å². The van der Waals surface area contributed by atoms with Crippen molar-refractivity contribution in [2.45, 2.75) is 50.7 Å². The summed E-state index contributed by atoms with van der Waals surface area (Å²) in [7, 11) is 1.08. The Morgan fingerprint density at radius 2 is 1.91 bits per heavy atom. The number of amides is 1. The summed E-state index contributed by atoms with van der Waals surface area (Å²) in [5.41, 5.74) is -2.41. The van der Waals surface area contributed by atoms with Crippen LogP contribution >= 0.6 is 11.6 Å². The van der Waals surface area contributed by atoms with Crippen molar-refractivity contribution in [2.24, 2.45) is 0 Å². The number of nitrogens with zero attached hydrogens (tertiary/aromatic N) is 1. The summed E-state index contributed by atoms with van der Waals surface area (Å²) >= 11 is 5.67. The van der Waals surface area contributed by atoms with Gasteiger partial charge in [0.05, 0.1) is 13.7 Å². The summed E-state index contributed by atoms with van der Waals surface area (Å²) in [5, 5.41) is 0.